The minimum absolute atomic E-state index is 0.0985. The maximum atomic E-state index is 14.1. The topological polar surface area (TPSA) is 71.1 Å². The summed E-state index contributed by atoms with van der Waals surface area (Å²) in [6.45, 7) is 6.06. The van der Waals surface area contributed by atoms with Gasteiger partial charge in [0.15, 0.2) is 5.84 Å². The molecule has 0 fully saturated rings. The summed E-state index contributed by atoms with van der Waals surface area (Å²) in [4.78, 5) is 2.17. The molecule has 6 heteroatoms. The Kier molecular flexibility index (Phi) is 7.11. The Balaban J connectivity index is 2.88. The zero-order valence-corrected chi connectivity index (χ0v) is 12.8. The zero-order chi connectivity index (χ0) is 15.8. The lowest BCUT2D eigenvalue weighted by Crippen LogP contribution is -2.35. The van der Waals surface area contributed by atoms with Crippen LogP contribution < -0.4 is 5.73 Å². The van der Waals surface area contributed by atoms with E-state index >= 15 is 0 Å². The number of amidine groups is 1. The maximum Gasteiger partial charge on any atom is 0.170 e. The number of ether oxygens (including phenoxy) is 1. The van der Waals surface area contributed by atoms with Crippen molar-refractivity contribution in [3.8, 4) is 0 Å². The summed E-state index contributed by atoms with van der Waals surface area (Å²) < 4.78 is 19.3. The van der Waals surface area contributed by atoms with E-state index in [9.17, 15) is 4.39 Å². The summed E-state index contributed by atoms with van der Waals surface area (Å²) in [5.74, 6) is -0.455. The molecule has 1 aromatic carbocycles. The van der Waals surface area contributed by atoms with Gasteiger partial charge in [-0.25, -0.2) is 4.39 Å². The third-order valence-corrected chi connectivity index (χ3v) is 3.63. The van der Waals surface area contributed by atoms with E-state index in [4.69, 9.17) is 15.7 Å². The lowest BCUT2D eigenvalue weighted by atomic mass is 10.1. The van der Waals surface area contributed by atoms with Crippen LogP contribution in [-0.2, 0) is 11.3 Å². The molecule has 1 unspecified atom stereocenters. The van der Waals surface area contributed by atoms with Crippen LogP contribution in [0.5, 0.6) is 0 Å². The van der Waals surface area contributed by atoms with E-state index in [1.165, 1.54) is 6.07 Å². The Morgan fingerprint density at radius 1 is 1.52 bits per heavy atom. The molecular formula is C15H24FN3O2. The van der Waals surface area contributed by atoms with Gasteiger partial charge in [-0.1, -0.05) is 24.2 Å². The van der Waals surface area contributed by atoms with Crippen molar-refractivity contribution >= 4 is 5.84 Å². The van der Waals surface area contributed by atoms with Gasteiger partial charge in [0, 0.05) is 37.4 Å². The Morgan fingerprint density at radius 3 is 2.76 bits per heavy atom. The second kappa shape index (κ2) is 8.59. The summed E-state index contributed by atoms with van der Waals surface area (Å²) in [7, 11) is 1.65. The first-order chi connectivity index (χ1) is 10.0. The van der Waals surface area contributed by atoms with Gasteiger partial charge in [-0.05, 0) is 19.4 Å². The highest BCUT2D eigenvalue weighted by atomic mass is 19.1. The largest absolute Gasteiger partial charge is 0.409 e. The molecule has 0 heterocycles. The molecule has 0 saturated heterocycles. The molecule has 21 heavy (non-hydrogen) atoms. The first-order valence-electron chi connectivity index (χ1n) is 7.02. The van der Waals surface area contributed by atoms with E-state index in [-0.39, 0.29) is 11.7 Å². The van der Waals surface area contributed by atoms with Gasteiger partial charge in [0.2, 0.25) is 0 Å². The van der Waals surface area contributed by atoms with Gasteiger partial charge in [-0.3, -0.25) is 4.90 Å². The van der Waals surface area contributed by atoms with Crippen LogP contribution in [0.4, 0.5) is 4.39 Å². The van der Waals surface area contributed by atoms with E-state index in [0.29, 0.717) is 30.3 Å². The average Bonchev–Trinajstić information content (AvgIpc) is 2.51. The van der Waals surface area contributed by atoms with Crippen molar-refractivity contribution in [3.05, 3.63) is 35.1 Å². The monoisotopic (exact) mass is 297 g/mol. The first kappa shape index (κ1) is 17.4. The molecule has 0 aromatic heterocycles. The molecule has 0 spiro atoms. The molecule has 0 aliphatic rings. The van der Waals surface area contributed by atoms with Crippen molar-refractivity contribution in [1.82, 2.24) is 4.90 Å². The average molecular weight is 297 g/mol. The highest BCUT2D eigenvalue weighted by Gasteiger charge is 2.15. The fourth-order valence-electron chi connectivity index (χ4n) is 2.03. The lowest BCUT2D eigenvalue weighted by molar-refractivity contribution is 0.117. The van der Waals surface area contributed by atoms with Crippen LogP contribution in [0.1, 0.15) is 31.4 Å². The van der Waals surface area contributed by atoms with Gasteiger partial charge in [-0.15, -0.1) is 0 Å². The second-order valence-corrected chi connectivity index (χ2v) is 5.01. The third-order valence-electron chi connectivity index (χ3n) is 3.63. The molecule has 1 aromatic rings. The summed E-state index contributed by atoms with van der Waals surface area (Å²) >= 11 is 0. The van der Waals surface area contributed by atoms with E-state index in [1.807, 2.05) is 0 Å². The number of rotatable bonds is 8. The van der Waals surface area contributed by atoms with Gasteiger partial charge in [0.1, 0.15) is 5.82 Å². The Hall–Kier alpha value is -1.66. The van der Waals surface area contributed by atoms with Crippen molar-refractivity contribution in [2.75, 3.05) is 20.3 Å². The Bertz CT molecular complexity index is 480. The molecule has 0 amide bonds. The highest BCUT2D eigenvalue weighted by molar-refractivity contribution is 5.97. The van der Waals surface area contributed by atoms with Crippen LogP contribution in [0.2, 0.25) is 0 Å². The minimum atomic E-state index is -0.357. The number of benzene rings is 1. The Morgan fingerprint density at radius 2 is 2.24 bits per heavy atom. The van der Waals surface area contributed by atoms with Crippen LogP contribution in [-0.4, -0.2) is 42.2 Å². The number of hydrogen-bond donors (Lipinski definition) is 2. The number of halogens is 1. The van der Waals surface area contributed by atoms with Crippen LogP contribution in [0.15, 0.2) is 23.4 Å². The van der Waals surface area contributed by atoms with Crippen molar-refractivity contribution in [3.63, 3.8) is 0 Å². The van der Waals surface area contributed by atoms with Crippen LogP contribution in [0.3, 0.4) is 0 Å². The molecule has 1 atom stereocenters. The minimum Gasteiger partial charge on any atom is -0.409 e. The number of nitrogens with zero attached hydrogens (tertiary/aromatic N) is 2. The van der Waals surface area contributed by atoms with E-state index < -0.39 is 0 Å². The normalized spacial score (nSPS) is 13.7. The summed E-state index contributed by atoms with van der Waals surface area (Å²) in [6.07, 6.45) is 0.980. The van der Waals surface area contributed by atoms with Crippen LogP contribution in [0, 0.1) is 5.82 Å². The smallest absolute Gasteiger partial charge is 0.170 e. The molecule has 0 saturated carbocycles. The molecular weight excluding hydrogens is 273 g/mol. The molecule has 3 N–H and O–H groups in total. The van der Waals surface area contributed by atoms with Gasteiger partial charge in [-0.2, -0.15) is 0 Å². The Labute approximate surface area is 125 Å². The summed E-state index contributed by atoms with van der Waals surface area (Å²) in [6, 6.07) is 4.95. The SMILES string of the molecule is CCC(C)N(CCOC)Cc1ccc(C(N)=NO)cc1F. The molecule has 0 radical (unpaired) electrons. The quantitative estimate of drug-likeness (QED) is 0.334. The lowest BCUT2D eigenvalue weighted by Gasteiger charge is -2.28. The predicted octanol–water partition coefficient (Wildman–Crippen LogP) is 2.17. The van der Waals surface area contributed by atoms with E-state index in [2.05, 4.69) is 23.9 Å². The molecule has 5 nitrogen and oxygen atoms in total. The first-order valence-corrected chi connectivity index (χ1v) is 7.02. The van der Waals surface area contributed by atoms with Crippen LogP contribution >= 0.6 is 0 Å². The fraction of sp³-hybridized carbons (Fsp3) is 0.533. The van der Waals surface area contributed by atoms with Gasteiger partial charge >= 0.3 is 0 Å². The number of hydrogen-bond acceptors (Lipinski definition) is 4. The standard InChI is InChI=1S/C15H24FN3O2/c1-4-11(2)19(7-8-21-3)10-13-6-5-12(9-14(13)16)15(17)18-20/h5-6,9,11,20H,4,7-8,10H2,1-3H3,(H2,17,18). The fourth-order valence-corrected chi connectivity index (χ4v) is 2.03. The second-order valence-electron chi connectivity index (χ2n) is 5.01. The van der Waals surface area contributed by atoms with Gasteiger partial charge in [0.05, 0.1) is 6.61 Å². The molecule has 0 bridgehead atoms. The summed E-state index contributed by atoms with van der Waals surface area (Å²) in [5, 5.41) is 11.5. The van der Waals surface area contributed by atoms with Gasteiger partial charge < -0.3 is 15.7 Å². The summed E-state index contributed by atoms with van der Waals surface area (Å²) in [5.41, 5.74) is 6.41. The zero-order valence-electron chi connectivity index (χ0n) is 12.8. The van der Waals surface area contributed by atoms with Crippen molar-refractivity contribution < 1.29 is 14.3 Å². The van der Waals surface area contributed by atoms with Crippen molar-refractivity contribution in [2.24, 2.45) is 10.9 Å². The number of oxime groups is 1. The number of methoxy groups -OCH3 is 1. The molecule has 1 rings (SSSR count). The maximum absolute atomic E-state index is 14.1. The predicted molar refractivity (Wildman–Crippen MR) is 80.9 cm³/mol. The number of nitrogens with two attached hydrogens (primary N) is 1. The molecule has 0 aliphatic heterocycles. The van der Waals surface area contributed by atoms with Gasteiger partial charge in [0.25, 0.3) is 0 Å². The third kappa shape index (κ3) is 4.99. The van der Waals surface area contributed by atoms with Crippen molar-refractivity contribution in [2.45, 2.75) is 32.9 Å². The molecule has 0 aliphatic carbocycles. The van der Waals surface area contributed by atoms with Crippen molar-refractivity contribution in [1.29, 1.82) is 0 Å². The van der Waals surface area contributed by atoms with Crippen LogP contribution in [0.25, 0.3) is 0 Å². The van der Waals surface area contributed by atoms with E-state index in [0.717, 1.165) is 13.0 Å². The molecule has 118 valence electrons. The van der Waals surface area contributed by atoms with E-state index in [1.54, 1.807) is 19.2 Å². The highest BCUT2D eigenvalue weighted by Crippen LogP contribution is 2.15.